The SMILES string of the molecule is CCOC(=O)c1cnc2c(OC)nccc2c1Nc1ccc(F)cc1. The first kappa shape index (κ1) is 16.6. The lowest BCUT2D eigenvalue weighted by atomic mass is 10.1. The van der Waals surface area contributed by atoms with E-state index in [9.17, 15) is 9.18 Å². The molecule has 0 atom stereocenters. The number of rotatable bonds is 5. The van der Waals surface area contributed by atoms with Crippen molar-refractivity contribution in [3.05, 3.63) is 54.1 Å². The minimum absolute atomic E-state index is 0.243. The average molecular weight is 341 g/mol. The smallest absolute Gasteiger partial charge is 0.341 e. The Balaban J connectivity index is 2.17. The van der Waals surface area contributed by atoms with E-state index in [2.05, 4.69) is 15.3 Å². The lowest BCUT2D eigenvalue weighted by Gasteiger charge is -2.15. The van der Waals surface area contributed by atoms with Gasteiger partial charge in [0, 0.05) is 23.5 Å². The molecule has 0 aliphatic rings. The first-order valence-corrected chi connectivity index (χ1v) is 7.65. The zero-order valence-corrected chi connectivity index (χ0v) is 13.7. The van der Waals surface area contributed by atoms with Crippen molar-refractivity contribution in [2.75, 3.05) is 19.0 Å². The fourth-order valence-electron chi connectivity index (χ4n) is 2.43. The molecule has 0 fully saturated rings. The fraction of sp³-hybridized carbons (Fsp3) is 0.167. The second-order valence-electron chi connectivity index (χ2n) is 5.12. The summed E-state index contributed by atoms with van der Waals surface area (Å²) in [7, 11) is 1.50. The number of aromatic nitrogens is 2. The van der Waals surface area contributed by atoms with Gasteiger partial charge in [-0.3, -0.25) is 0 Å². The number of benzene rings is 1. The van der Waals surface area contributed by atoms with Crippen molar-refractivity contribution in [1.82, 2.24) is 9.97 Å². The van der Waals surface area contributed by atoms with E-state index in [0.29, 0.717) is 28.2 Å². The maximum absolute atomic E-state index is 13.1. The predicted octanol–water partition coefficient (Wildman–Crippen LogP) is 3.70. The maximum Gasteiger partial charge on any atom is 0.341 e. The Morgan fingerprint density at radius 3 is 2.64 bits per heavy atom. The number of hydrogen-bond acceptors (Lipinski definition) is 6. The van der Waals surface area contributed by atoms with Crippen LogP contribution >= 0.6 is 0 Å². The van der Waals surface area contributed by atoms with Gasteiger partial charge in [0.05, 0.1) is 19.4 Å². The third kappa shape index (κ3) is 3.35. The van der Waals surface area contributed by atoms with E-state index < -0.39 is 5.97 Å². The highest BCUT2D eigenvalue weighted by Crippen LogP contribution is 2.32. The van der Waals surface area contributed by atoms with Gasteiger partial charge in [-0.1, -0.05) is 0 Å². The lowest BCUT2D eigenvalue weighted by Crippen LogP contribution is -2.09. The zero-order valence-electron chi connectivity index (χ0n) is 13.7. The molecule has 0 amide bonds. The molecule has 7 heteroatoms. The predicted molar refractivity (Wildman–Crippen MR) is 91.7 cm³/mol. The number of methoxy groups -OCH3 is 1. The number of fused-ring (bicyclic) bond motifs is 1. The molecule has 0 aliphatic carbocycles. The van der Waals surface area contributed by atoms with Crippen molar-refractivity contribution in [1.29, 1.82) is 0 Å². The van der Waals surface area contributed by atoms with Gasteiger partial charge in [-0.05, 0) is 37.3 Å². The Hall–Kier alpha value is -3.22. The summed E-state index contributed by atoms with van der Waals surface area (Å²) in [6.07, 6.45) is 2.98. The van der Waals surface area contributed by atoms with Crippen molar-refractivity contribution < 1.29 is 18.7 Å². The van der Waals surface area contributed by atoms with Crippen LogP contribution in [0.25, 0.3) is 10.9 Å². The van der Waals surface area contributed by atoms with Crippen LogP contribution < -0.4 is 10.1 Å². The number of nitrogens with one attached hydrogen (secondary N) is 1. The Morgan fingerprint density at radius 2 is 1.96 bits per heavy atom. The van der Waals surface area contributed by atoms with Gasteiger partial charge < -0.3 is 14.8 Å². The molecule has 0 bridgehead atoms. The van der Waals surface area contributed by atoms with Crippen LogP contribution in [0.3, 0.4) is 0 Å². The molecule has 0 saturated heterocycles. The van der Waals surface area contributed by atoms with Gasteiger partial charge in [-0.15, -0.1) is 0 Å². The second kappa shape index (κ2) is 7.12. The van der Waals surface area contributed by atoms with Crippen LogP contribution in [0.5, 0.6) is 5.88 Å². The quantitative estimate of drug-likeness (QED) is 0.714. The monoisotopic (exact) mass is 341 g/mol. The number of esters is 1. The summed E-state index contributed by atoms with van der Waals surface area (Å²) in [5, 5.41) is 3.78. The van der Waals surface area contributed by atoms with Crippen LogP contribution in [-0.2, 0) is 4.74 Å². The number of carbonyl (C=O) groups is 1. The number of ether oxygens (including phenoxy) is 2. The van der Waals surface area contributed by atoms with Crippen LogP contribution in [0.2, 0.25) is 0 Å². The normalized spacial score (nSPS) is 10.5. The molecule has 0 radical (unpaired) electrons. The molecule has 3 rings (SSSR count). The highest BCUT2D eigenvalue weighted by Gasteiger charge is 2.19. The Kier molecular flexibility index (Phi) is 4.74. The van der Waals surface area contributed by atoms with E-state index in [1.165, 1.54) is 25.4 Å². The van der Waals surface area contributed by atoms with Crippen LogP contribution in [0, 0.1) is 5.82 Å². The summed E-state index contributed by atoms with van der Waals surface area (Å²) in [4.78, 5) is 20.7. The van der Waals surface area contributed by atoms with Crippen LogP contribution in [0.4, 0.5) is 15.8 Å². The molecule has 0 aliphatic heterocycles. The topological polar surface area (TPSA) is 73.3 Å². The minimum Gasteiger partial charge on any atom is -0.479 e. The molecular formula is C18H16FN3O3. The summed E-state index contributed by atoms with van der Waals surface area (Å²) in [5.74, 6) is -0.506. The molecule has 25 heavy (non-hydrogen) atoms. The van der Waals surface area contributed by atoms with E-state index in [0.717, 1.165) is 0 Å². The van der Waals surface area contributed by atoms with E-state index in [4.69, 9.17) is 9.47 Å². The third-order valence-corrected chi connectivity index (χ3v) is 3.55. The molecule has 1 N–H and O–H groups in total. The molecule has 2 heterocycles. The van der Waals surface area contributed by atoms with Gasteiger partial charge in [0.1, 0.15) is 16.9 Å². The summed E-state index contributed by atoms with van der Waals surface area (Å²) in [6.45, 7) is 1.97. The van der Waals surface area contributed by atoms with Crippen molar-refractivity contribution in [2.45, 2.75) is 6.92 Å². The Labute approximate surface area is 143 Å². The van der Waals surface area contributed by atoms with Gasteiger partial charge in [0.2, 0.25) is 5.88 Å². The van der Waals surface area contributed by atoms with Crippen molar-refractivity contribution in [3.8, 4) is 5.88 Å². The second-order valence-corrected chi connectivity index (χ2v) is 5.12. The Bertz CT molecular complexity index is 913. The molecule has 0 saturated carbocycles. The van der Waals surface area contributed by atoms with Crippen molar-refractivity contribution in [3.63, 3.8) is 0 Å². The largest absolute Gasteiger partial charge is 0.479 e. The van der Waals surface area contributed by atoms with Gasteiger partial charge in [-0.2, -0.15) is 0 Å². The van der Waals surface area contributed by atoms with E-state index >= 15 is 0 Å². The molecule has 2 aromatic heterocycles. The molecule has 6 nitrogen and oxygen atoms in total. The molecule has 128 valence electrons. The fourth-order valence-corrected chi connectivity index (χ4v) is 2.43. The van der Waals surface area contributed by atoms with E-state index in [-0.39, 0.29) is 18.0 Å². The number of hydrogen-bond donors (Lipinski definition) is 1. The summed E-state index contributed by atoms with van der Waals surface area (Å²) in [5.41, 5.74) is 1.89. The Morgan fingerprint density at radius 1 is 1.20 bits per heavy atom. The van der Waals surface area contributed by atoms with Crippen molar-refractivity contribution >= 4 is 28.2 Å². The van der Waals surface area contributed by atoms with Gasteiger partial charge >= 0.3 is 5.97 Å². The lowest BCUT2D eigenvalue weighted by molar-refractivity contribution is 0.0527. The van der Waals surface area contributed by atoms with Crippen molar-refractivity contribution in [2.24, 2.45) is 0 Å². The van der Waals surface area contributed by atoms with Gasteiger partial charge in [0.15, 0.2) is 0 Å². The molecular weight excluding hydrogens is 325 g/mol. The van der Waals surface area contributed by atoms with Crippen LogP contribution in [0.15, 0.2) is 42.7 Å². The first-order valence-electron chi connectivity index (χ1n) is 7.65. The van der Waals surface area contributed by atoms with Crippen LogP contribution in [-0.4, -0.2) is 29.7 Å². The van der Waals surface area contributed by atoms with E-state index in [1.54, 1.807) is 31.3 Å². The highest BCUT2D eigenvalue weighted by molar-refractivity contribution is 6.06. The maximum atomic E-state index is 13.1. The first-order chi connectivity index (χ1) is 12.1. The number of halogens is 1. The standard InChI is InChI=1S/C18H16FN3O3/c1-3-25-18(23)14-10-21-16-13(8-9-20-17(16)24-2)15(14)22-12-6-4-11(19)5-7-12/h4-10H,3H2,1-2H3,(H,21,22). The molecule has 1 aromatic carbocycles. The van der Waals surface area contributed by atoms with E-state index in [1.807, 2.05) is 0 Å². The zero-order chi connectivity index (χ0) is 17.8. The summed E-state index contributed by atoms with van der Waals surface area (Å²) < 4.78 is 23.5. The number of pyridine rings is 2. The van der Waals surface area contributed by atoms with Gasteiger partial charge in [-0.25, -0.2) is 19.2 Å². The average Bonchev–Trinajstić information content (AvgIpc) is 2.63. The molecule has 0 unspecified atom stereocenters. The van der Waals surface area contributed by atoms with Gasteiger partial charge in [0.25, 0.3) is 0 Å². The molecule has 0 spiro atoms. The minimum atomic E-state index is -0.503. The van der Waals surface area contributed by atoms with Crippen LogP contribution in [0.1, 0.15) is 17.3 Å². The highest BCUT2D eigenvalue weighted by atomic mass is 19.1. The third-order valence-electron chi connectivity index (χ3n) is 3.55. The number of anilines is 2. The number of nitrogens with zero attached hydrogens (tertiary/aromatic N) is 2. The summed E-state index contributed by atoms with van der Waals surface area (Å²) in [6, 6.07) is 7.54. The summed E-state index contributed by atoms with van der Waals surface area (Å²) >= 11 is 0. The number of carbonyl (C=O) groups excluding carboxylic acids is 1. The molecule has 3 aromatic rings.